The van der Waals surface area contributed by atoms with Gasteiger partial charge in [-0.1, -0.05) is 20.8 Å². The fourth-order valence-corrected chi connectivity index (χ4v) is 10.6. The SMILES string of the molecule is CC1CCC(OC2CCC(C(C)(C)C3CCC(OC4CCC(S(C)(=O)=O)C(SO[O-])C4)CC3)CC2)CC1.[Li+]. The van der Waals surface area contributed by atoms with Crippen molar-refractivity contribution in [1.29, 1.82) is 0 Å². The molecule has 0 aromatic rings. The molecule has 0 aliphatic heterocycles. The molecular formula is C29H51LiO6S2. The molecule has 4 saturated carbocycles. The van der Waals surface area contributed by atoms with Crippen molar-refractivity contribution in [3.8, 4) is 0 Å². The van der Waals surface area contributed by atoms with Crippen LogP contribution in [0.4, 0.5) is 0 Å². The Hall–Kier alpha value is 0.737. The van der Waals surface area contributed by atoms with Crippen LogP contribution < -0.4 is 24.1 Å². The number of ether oxygens (including phenoxy) is 2. The molecule has 4 fully saturated rings. The van der Waals surface area contributed by atoms with Gasteiger partial charge in [-0.05, 0) is 132 Å². The van der Waals surface area contributed by atoms with Crippen LogP contribution in [-0.4, -0.2) is 49.6 Å². The maximum atomic E-state index is 12.1. The molecule has 0 N–H and O–H groups in total. The Labute approximate surface area is 248 Å². The molecule has 0 aromatic carbocycles. The zero-order valence-corrected chi connectivity index (χ0v) is 26.2. The van der Waals surface area contributed by atoms with E-state index in [0.717, 1.165) is 49.1 Å². The van der Waals surface area contributed by atoms with Gasteiger partial charge in [0.2, 0.25) is 0 Å². The smallest absolute Gasteiger partial charge is 0.711 e. The van der Waals surface area contributed by atoms with Crippen molar-refractivity contribution in [3.05, 3.63) is 0 Å². The van der Waals surface area contributed by atoms with E-state index in [4.69, 9.17) is 9.47 Å². The van der Waals surface area contributed by atoms with Crippen molar-refractivity contribution >= 4 is 21.9 Å². The van der Waals surface area contributed by atoms with E-state index >= 15 is 0 Å². The summed E-state index contributed by atoms with van der Waals surface area (Å²) in [6.07, 6.45) is 19.1. The predicted octanol–water partition coefficient (Wildman–Crippen LogP) is 3.02. The molecule has 4 aliphatic carbocycles. The molecule has 4 aliphatic rings. The van der Waals surface area contributed by atoms with Crippen molar-refractivity contribution in [2.24, 2.45) is 23.2 Å². The van der Waals surface area contributed by atoms with Crippen LogP contribution in [0.15, 0.2) is 0 Å². The Morgan fingerprint density at radius 1 is 0.711 bits per heavy atom. The first-order valence-electron chi connectivity index (χ1n) is 15.0. The van der Waals surface area contributed by atoms with E-state index in [1.165, 1.54) is 70.5 Å². The van der Waals surface area contributed by atoms with E-state index < -0.39 is 15.1 Å². The molecule has 0 radical (unpaired) electrons. The van der Waals surface area contributed by atoms with E-state index in [1.807, 2.05) is 0 Å². The predicted molar refractivity (Wildman–Crippen MR) is 148 cm³/mol. The summed E-state index contributed by atoms with van der Waals surface area (Å²) >= 11 is 0.759. The molecule has 3 atom stereocenters. The third-order valence-electron chi connectivity index (χ3n) is 10.6. The quantitative estimate of drug-likeness (QED) is 0.184. The van der Waals surface area contributed by atoms with Crippen LogP contribution in [0.1, 0.15) is 117 Å². The van der Waals surface area contributed by atoms with Gasteiger partial charge in [-0.25, -0.2) is 8.42 Å². The minimum absolute atomic E-state index is 0. The van der Waals surface area contributed by atoms with Crippen molar-refractivity contribution < 1.29 is 46.3 Å². The Kier molecular flexibility index (Phi) is 12.9. The third-order valence-corrected chi connectivity index (χ3v) is 13.3. The first-order chi connectivity index (χ1) is 17.6. The molecule has 9 heteroatoms. The van der Waals surface area contributed by atoms with Crippen molar-refractivity contribution in [1.82, 2.24) is 0 Å². The van der Waals surface area contributed by atoms with Gasteiger partial charge in [-0.3, -0.25) is 0 Å². The second-order valence-electron chi connectivity index (χ2n) is 13.4. The zero-order chi connectivity index (χ0) is 26.6. The molecule has 3 unspecified atom stereocenters. The summed E-state index contributed by atoms with van der Waals surface area (Å²) in [5.41, 5.74) is 0.344. The minimum Gasteiger partial charge on any atom is -0.711 e. The molecule has 0 heterocycles. The zero-order valence-electron chi connectivity index (χ0n) is 24.6. The van der Waals surface area contributed by atoms with E-state index in [9.17, 15) is 13.7 Å². The summed E-state index contributed by atoms with van der Waals surface area (Å²) in [6.45, 7) is 7.38. The monoisotopic (exact) mass is 566 g/mol. The van der Waals surface area contributed by atoms with E-state index in [-0.39, 0.29) is 36.3 Å². The van der Waals surface area contributed by atoms with Gasteiger partial charge >= 0.3 is 18.9 Å². The average Bonchev–Trinajstić information content (AvgIpc) is 2.86. The summed E-state index contributed by atoms with van der Waals surface area (Å²) in [5, 5.41) is 9.90. The van der Waals surface area contributed by atoms with Gasteiger partial charge in [0.1, 0.15) is 0 Å². The van der Waals surface area contributed by atoms with Gasteiger partial charge in [0, 0.05) is 11.5 Å². The first-order valence-corrected chi connectivity index (χ1v) is 17.8. The number of rotatable bonds is 9. The number of hydrogen-bond acceptors (Lipinski definition) is 7. The maximum absolute atomic E-state index is 12.1. The molecule has 216 valence electrons. The summed E-state index contributed by atoms with van der Waals surface area (Å²) in [4.78, 5) is 0. The van der Waals surface area contributed by atoms with Crippen LogP contribution in [0.2, 0.25) is 0 Å². The molecule has 0 saturated heterocycles. The second-order valence-corrected chi connectivity index (χ2v) is 16.6. The van der Waals surface area contributed by atoms with Crippen LogP contribution in [-0.2, 0) is 23.6 Å². The Bertz CT molecular complexity index is 800. The van der Waals surface area contributed by atoms with Crippen molar-refractivity contribution in [3.63, 3.8) is 0 Å². The molecule has 6 nitrogen and oxygen atoms in total. The minimum atomic E-state index is -3.20. The van der Waals surface area contributed by atoms with Crippen LogP contribution in [0, 0.1) is 23.2 Å². The van der Waals surface area contributed by atoms with Gasteiger partial charge in [0.25, 0.3) is 0 Å². The molecule has 0 amide bonds. The van der Waals surface area contributed by atoms with Crippen LogP contribution in [0.5, 0.6) is 0 Å². The number of sulfone groups is 1. The largest absolute Gasteiger partial charge is 1.00 e. The third kappa shape index (κ3) is 8.87. The average molecular weight is 567 g/mol. The van der Waals surface area contributed by atoms with Crippen molar-refractivity contribution in [2.75, 3.05) is 6.26 Å². The van der Waals surface area contributed by atoms with Gasteiger partial charge in [0.05, 0.1) is 29.7 Å². The van der Waals surface area contributed by atoms with Gasteiger partial charge < -0.3 is 19.1 Å². The molecule has 0 aromatic heterocycles. The standard InChI is InChI=1S/C29H52O6S2.Li/c1-20-5-11-23(12-6-20)33-24-13-7-21(8-14-24)29(2,3)22-9-15-25(16-10-22)34-26-17-18-28(37(4,31)32)27(19-26)36-35-30;/h20-28,30H,5-19H2,1-4H3;/q;+1/p-1. The summed E-state index contributed by atoms with van der Waals surface area (Å²) in [6, 6.07) is 0. The van der Waals surface area contributed by atoms with E-state index in [0.29, 0.717) is 30.5 Å². The number of hydrogen-bond donors (Lipinski definition) is 0. The second kappa shape index (κ2) is 14.8. The Balaban J connectivity index is 0.00000400. The van der Waals surface area contributed by atoms with Crippen LogP contribution in [0.3, 0.4) is 0 Å². The fourth-order valence-electron chi connectivity index (χ4n) is 7.96. The summed E-state index contributed by atoms with van der Waals surface area (Å²) in [7, 11) is -3.20. The Morgan fingerprint density at radius 2 is 1.13 bits per heavy atom. The molecule has 0 bridgehead atoms. The van der Waals surface area contributed by atoms with Gasteiger partial charge in [-0.15, -0.1) is 0 Å². The van der Waals surface area contributed by atoms with Crippen molar-refractivity contribution in [2.45, 2.75) is 152 Å². The molecular weight excluding hydrogens is 515 g/mol. The molecule has 38 heavy (non-hydrogen) atoms. The van der Waals surface area contributed by atoms with E-state index in [2.05, 4.69) is 25.1 Å². The first kappa shape index (κ1) is 33.2. The molecule has 0 spiro atoms. The topological polar surface area (TPSA) is 84.9 Å². The van der Waals surface area contributed by atoms with Crippen LogP contribution in [0.25, 0.3) is 0 Å². The van der Waals surface area contributed by atoms with Gasteiger partial charge in [0.15, 0.2) is 9.84 Å². The Morgan fingerprint density at radius 3 is 1.58 bits per heavy atom. The summed E-state index contributed by atoms with van der Waals surface area (Å²) in [5.74, 6) is 2.38. The fraction of sp³-hybridized carbons (Fsp3) is 1.00. The van der Waals surface area contributed by atoms with Gasteiger partial charge in [-0.2, -0.15) is 0 Å². The van der Waals surface area contributed by atoms with Crippen LogP contribution >= 0.6 is 12.0 Å². The molecule has 4 rings (SSSR count). The maximum Gasteiger partial charge on any atom is 1.00 e. The normalized spacial score (nSPS) is 39.3. The van der Waals surface area contributed by atoms with E-state index in [1.54, 1.807) is 0 Å². The summed E-state index contributed by atoms with van der Waals surface area (Å²) < 4.78 is 41.3.